The van der Waals surface area contributed by atoms with Gasteiger partial charge in [0.25, 0.3) is 0 Å². The predicted molar refractivity (Wildman–Crippen MR) is 47.8 cm³/mol. The van der Waals surface area contributed by atoms with Crippen molar-refractivity contribution in [3.63, 3.8) is 0 Å². The molecule has 0 aromatic carbocycles. The summed E-state index contributed by atoms with van der Waals surface area (Å²) >= 11 is 0. The van der Waals surface area contributed by atoms with Crippen LogP contribution >= 0.6 is 0 Å². The Balaban J connectivity index is 2.18. The van der Waals surface area contributed by atoms with E-state index in [1.807, 2.05) is 13.0 Å². The maximum absolute atomic E-state index is 10.9. The Morgan fingerprint density at radius 2 is 2.50 bits per heavy atom. The first kappa shape index (κ1) is 9.30. The van der Waals surface area contributed by atoms with Crippen LogP contribution in [0.1, 0.15) is 39.0 Å². The molecule has 0 bridgehead atoms. The number of hydrogen-bond donors (Lipinski definition) is 0. The van der Waals surface area contributed by atoms with Crippen molar-refractivity contribution in [2.45, 2.75) is 45.1 Å². The van der Waals surface area contributed by atoms with E-state index in [1.54, 1.807) is 0 Å². The second-order valence-electron chi connectivity index (χ2n) is 3.15. The topological polar surface area (TPSA) is 26.3 Å². The van der Waals surface area contributed by atoms with Crippen molar-refractivity contribution < 1.29 is 9.53 Å². The molecular weight excluding hydrogens is 152 g/mol. The Hall–Kier alpha value is -0.790. The summed E-state index contributed by atoms with van der Waals surface area (Å²) in [5, 5.41) is 0. The first-order valence-electron chi connectivity index (χ1n) is 4.63. The molecule has 0 unspecified atom stereocenters. The third kappa shape index (κ3) is 3.07. The molecule has 0 amide bonds. The van der Waals surface area contributed by atoms with E-state index in [4.69, 9.17) is 4.74 Å². The number of rotatable bonds is 3. The second-order valence-corrected chi connectivity index (χ2v) is 3.15. The van der Waals surface area contributed by atoms with E-state index < -0.39 is 0 Å². The molecule has 1 fully saturated rings. The monoisotopic (exact) mass is 168 g/mol. The van der Waals surface area contributed by atoms with Gasteiger partial charge in [-0.3, -0.25) is 4.79 Å². The highest BCUT2D eigenvalue weighted by Gasteiger charge is 2.18. The van der Waals surface area contributed by atoms with Crippen molar-refractivity contribution in [2.24, 2.45) is 0 Å². The summed E-state index contributed by atoms with van der Waals surface area (Å²) < 4.78 is 5.16. The lowest BCUT2D eigenvalue weighted by atomic mass is 10.0. The van der Waals surface area contributed by atoms with Crippen LogP contribution in [0.25, 0.3) is 0 Å². The molecule has 0 N–H and O–H groups in total. The molecule has 0 aromatic rings. The summed E-state index contributed by atoms with van der Waals surface area (Å²) in [4.78, 5) is 10.9. The number of hydrogen-bond acceptors (Lipinski definition) is 2. The van der Waals surface area contributed by atoms with Crippen LogP contribution in [-0.2, 0) is 9.53 Å². The van der Waals surface area contributed by atoms with E-state index in [-0.39, 0.29) is 12.1 Å². The molecule has 1 heterocycles. The van der Waals surface area contributed by atoms with Gasteiger partial charge in [-0.15, -0.1) is 0 Å². The molecule has 0 aliphatic carbocycles. The van der Waals surface area contributed by atoms with Crippen molar-refractivity contribution in [1.82, 2.24) is 0 Å². The molecule has 2 nitrogen and oxygen atoms in total. The van der Waals surface area contributed by atoms with E-state index in [0.717, 1.165) is 25.7 Å². The zero-order chi connectivity index (χ0) is 8.81. The van der Waals surface area contributed by atoms with Crippen molar-refractivity contribution in [2.75, 3.05) is 0 Å². The van der Waals surface area contributed by atoms with Gasteiger partial charge in [0.1, 0.15) is 6.10 Å². The summed E-state index contributed by atoms with van der Waals surface area (Å²) in [5.41, 5.74) is 0. The number of carbonyl (C=O) groups is 1. The van der Waals surface area contributed by atoms with Crippen molar-refractivity contribution in [3.05, 3.63) is 12.2 Å². The zero-order valence-corrected chi connectivity index (χ0v) is 7.58. The summed E-state index contributed by atoms with van der Waals surface area (Å²) in [6.45, 7) is 2.01. The van der Waals surface area contributed by atoms with Gasteiger partial charge in [-0.2, -0.15) is 0 Å². The number of ether oxygens (including phenoxy) is 1. The van der Waals surface area contributed by atoms with E-state index in [9.17, 15) is 4.79 Å². The van der Waals surface area contributed by atoms with Crippen LogP contribution in [0, 0.1) is 0 Å². The average Bonchev–Trinajstić information content (AvgIpc) is 2.05. The quantitative estimate of drug-likeness (QED) is 0.478. The first-order chi connectivity index (χ1) is 5.83. The lowest BCUT2D eigenvalue weighted by Crippen LogP contribution is -2.23. The summed E-state index contributed by atoms with van der Waals surface area (Å²) in [5.74, 6) is -0.0215. The third-order valence-corrected chi connectivity index (χ3v) is 2.10. The Bertz CT molecular complexity index is 173. The maximum atomic E-state index is 10.9. The van der Waals surface area contributed by atoms with Crippen LogP contribution in [0.2, 0.25) is 0 Å². The molecule has 0 radical (unpaired) electrons. The second kappa shape index (κ2) is 4.96. The lowest BCUT2D eigenvalue weighted by Gasteiger charge is -2.21. The lowest BCUT2D eigenvalue weighted by molar-refractivity contribution is -0.153. The maximum Gasteiger partial charge on any atom is 0.306 e. The summed E-state index contributed by atoms with van der Waals surface area (Å²) in [6.07, 6.45) is 8.99. The Kier molecular flexibility index (Phi) is 3.85. The van der Waals surface area contributed by atoms with Crippen molar-refractivity contribution in [3.8, 4) is 0 Å². The Labute approximate surface area is 73.6 Å². The van der Waals surface area contributed by atoms with Gasteiger partial charge >= 0.3 is 5.97 Å². The van der Waals surface area contributed by atoms with Crippen LogP contribution < -0.4 is 0 Å². The fourth-order valence-corrected chi connectivity index (χ4v) is 1.43. The molecule has 0 aromatic heterocycles. The van der Waals surface area contributed by atoms with Crippen molar-refractivity contribution in [1.29, 1.82) is 0 Å². The number of cyclic esters (lactones) is 1. The van der Waals surface area contributed by atoms with Crippen LogP contribution in [0.15, 0.2) is 12.2 Å². The molecule has 68 valence electrons. The number of esters is 1. The smallest absolute Gasteiger partial charge is 0.306 e. The predicted octanol–water partition coefficient (Wildman–Crippen LogP) is 2.44. The van der Waals surface area contributed by atoms with E-state index in [0.29, 0.717) is 6.42 Å². The third-order valence-electron chi connectivity index (χ3n) is 2.10. The van der Waals surface area contributed by atoms with Gasteiger partial charge in [0.05, 0.1) is 0 Å². The fraction of sp³-hybridized carbons (Fsp3) is 0.700. The fourth-order valence-electron chi connectivity index (χ4n) is 1.43. The van der Waals surface area contributed by atoms with Crippen LogP contribution in [0.3, 0.4) is 0 Å². The van der Waals surface area contributed by atoms with Crippen LogP contribution in [0.5, 0.6) is 0 Å². The van der Waals surface area contributed by atoms with Crippen LogP contribution in [-0.4, -0.2) is 12.1 Å². The van der Waals surface area contributed by atoms with E-state index in [1.165, 1.54) is 0 Å². The largest absolute Gasteiger partial charge is 0.462 e. The van der Waals surface area contributed by atoms with Gasteiger partial charge in [-0.05, 0) is 32.6 Å². The number of carbonyl (C=O) groups excluding carboxylic acids is 1. The molecule has 0 saturated carbocycles. The molecule has 1 aliphatic heterocycles. The molecule has 1 aliphatic rings. The van der Waals surface area contributed by atoms with E-state index in [2.05, 4.69) is 6.08 Å². The minimum absolute atomic E-state index is 0.0215. The summed E-state index contributed by atoms with van der Waals surface area (Å²) in [6, 6.07) is 0. The van der Waals surface area contributed by atoms with Gasteiger partial charge in [-0.1, -0.05) is 12.2 Å². The first-order valence-corrected chi connectivity index (χ1v) is 4.63. The normalized spacial score (nSPS) is 24.4. The average molecular weight is 168 g/mol. The highest BCUT2D eigenvalue weighted by Crippen LogP contribution is 2.17. The number of allylic oxidation sites excluding steroid dienone is 2. The molecule has 1 rings (SSSR count). The minimum Gasteiger partial charge on any atom is -0.462 e. The Morgan fingerprint density at radius 3 is 3.17 bits per heavy atom. The van der Waals surface area contributed by atoms with Gasteiger partial charge in [-0.25, -0.2) is 0 Å². The van der Waals surface area contributed by atoms with Gasteiger partial charge in [0.2, 0.25) is 0 Å². The zero-order valence-electron chi connectivity index (χ0n) is 7.58. The highest BCUT2D eigenvalue weighted by atomic mass is 16.5. The van der Waals surface area contributed by atoms with Gasteiger partial charge in [0.15, 0.2) is 0 Å². The molecule has 2 heteroatoms. The highest BCUT2D eigenvalue weighted by molar-refractivity contribution is 5.70. The Morgan fingerprint density at radius 1 is 1.67 bits per heavy atom. The molecule has 12 heavy (non-hydrogen) atoms. The van der Waals surface area contributed by atoms with Crippen molar-refractivity contribution >= 4 is 5.97 Å². The summed E-state index contributed by atoms with van der Waals surface area (Å²) in [7, 11) is 0. The van der Waals surface area contributed by atoms with Crippen LogP contribution in [0.4, 0.5) is 0 Å². The SMILES string of the molecule is C/C=C/CC[C@@H]1CCCC(=O)O1. The molecule has 1 saturated heterocycles. The van der Waals surface area contributed by atoms with Gasteiger partial charge in [0, 0.05) is 6.42 Å². The molecule has 0 spiro atoms. The standard InChI is InChI=1S/C10H16O2/c1-2-3-4-6-9-7-5-8-10(11)12-9/h2-3,9H,4-8H2,1H3/b3-2+/t9-/m1/s1. The minimum atomic E-state index is -0.0215. The van der Waals surface area contributed by atoms with Gasteiger partial charge < -0.3 is 4.74 Å². The molecule has 1 atom stereocenters. The van der Waals surface area contributed by atoms with E-state index >= 15 is 0 Å². The molecular formula is C10H16O2.